The zero-order valence-corrected chi connectivity index (χ0v) is 10.8. The smallest absolute Gasteiger partial charge is 0.335 e. The largest absolute Gasteiger partial charge is 0.478 e. The lowest BCUT2D eigenvalue weighted by Crippen LogP contribution is -1.98. The second-order valence-corrected chi connectivity index (χ2v) is 5.13. The molecule has 0 saturated carbocycles. The van der Waals surface area contributed by atoms with Crippen molar-refractivity contribution >= 4 is 17.5 Å². The van der Waals surface area contributed by atoms with E-state index in [1.165, 1.54) is 23.7 Å². The van der Waals surface area contributed by atoms with Gasteiger partial charge in [0, 0.05) is 16.6 Å². The predicted octanol–water partition coefficient (Wildman–Crippen LogP) is 3.77. The lowest BCUT2D eigenvalue weighted by Gasteiger charge is -2.07. The summed E-state index contributed by atoms with van der Waals surface area (Å²) in [5, 5.41) is 8.93. The van der Waals surface area contributed by atoms with Gasteiger partial charge in [0.15, 0.2) is 0 Å². The van der Waals surface area contributed by atoms with Crippen molar-refractivity contribution < 1.29 is 14.3 Å². The number of carboxylic acids is 1. The first-order valence-electron chi connectivity index (χ1n) is 5.48. The van der Waals surface area contributed by atoms with Crippen LogP contribution in [0, 0.1) is 5.82 Å². The Morgan fingerprint density at radius 3 is 2.72 bits per heavy atom. The highest BCUT2D eigenvalue weighted by molar-refractivity contribution is 7.06. The summed E-state index contributed by atoms with van der Waals surface area (Å²) in [6.07, 6.45) is 1.65. The molecule has 0 unspecified atom stereocenters. The molecule has 0 amide bonds. The number of aromatic nitrogens is 1. The topological polar surface area (TPSA) is 50.2 Å². The number of benzene rings is 1. The summed E-state index contributed by atoms with van der Waals surface area (Å²) in [6, 6.07) is 3.82. The van der Waals surface area contributed by atoms with Crippen LogP contribution in [0.2, 0.25) is 0 Å². The second kappa shape index (κ2) is 4.86. The molecule has 18 heavy (non-hydrogen) atoms. The number of hydrogen-bond donors (Lipinski definition) is 1. The van der Waals surface area contributed by atoms with Gasteiger partial charge in [-0.3, -0.25) is 0 Å². The SMILES string of the molecule is CC(C)c1sncc1-c1cc(F)cc(C(=O)O)c1. The Morgan fingerprint density at radius 2 is 2.11 bits per heavy atom. The van der Waals surface area contributed by atoms with Crippen molar-refractivity contribution in [3.63, 3.8) is 0 Å². The third kappa shape index (κ3) is 2.41. The van der Waals surface area contributed by atoms with E-state index in [1.54, 1.807) is 6.20 Å². The van der Waals surface area contributed by atoms with E-state index < -0.39 is 11.8 Å². The quantitative estimate of drug-likeness (QED) is 0.919. The van der Waals surface area contributed by atoms with Gasteiger partial charge in [-0.1, -0.05) is 13.8 Å². The van der Waals surface area contributed by atoms with Gasteiger partial charge in [0.1, 0.15) is 5.82 Å². The molecule has 1 aromatic heterocycles. The van der Waals surface area contributed by atoms with Gasteiger partial charge in [0.2, 0.25) is 0 Å². The third-order valence-corrected chi connectivity index (χ3v) is 3.68. The molecule has 0 aliphatic rings. The predicted molar refractivity (Wildman–Crippen MR) is 68.6 cm³/mol. The first kappa shape index (κ1) is 12.7. The molecule has 0 bridgehead atoms. The van der Waals surface area contributed by atoms with Crippen LogP contribution in [0.3, 0.4) is 0 Å². The molecule has 0 saturated heterocycles. The Labute approximate surface area is 108 Å². The molecule has 0 fully saturated rings. The molecule has 0 aliphatic carbocycles. The van der Waals surface area contributed by atoms with Crippen molar-refractivity contribution in [2.75, 3.05) is 0 Å². The lowest BCUT2D eigenvalue weighted by molar-refractivity contribution is 0.0696. The van der Waals surface area contributed by atoms with Crippen LogP contribution >= 0.6 is 11.5 Å². The Balaban J connectivity index is 2.57. The summed E-state index contributed by atoms with van der Waals surface area (Å²) in [5.74, 6) is -1.42. The maximum atomic E-state index is 13.4. The molecular formula is C13H12FNO2S. The molecule has 2 rings (SSSR count). The van der Waals surface area contributed by atoms with Crippen molar-refractivity contribution in [2.24, 2.45) is 0 Å². The van der Waals surface area contributed by atoms with Crippen LogP contribution in [-0.4, -0.2) is 15.4 Å². The van der Waals surface area contributed by atoms with Crippen LogP contribution in [0.4, 0.5) is 4.39 Å². The van der Waals surface area contributed by atoms with Gasteiger partial charge in [-0.15, -0.1) is 0 Å². The van der Waals surface area contributed by atoms with Gasteiger partial charge in [0.25, 0.3) is 0 Å². The van der Waals surface area contributed by atoms with Gasteiger partial charge in [-0.2, -0.15) is 0 Å². The van der Waals surface area contributed by atoms with Crippen LogP contribution in [0.5, 0.6) is 0 Å². The molecule has 0 aliphatic heterocycles. The monoisotopic (exact) mass is 265 g/mol. The summed E-state index contributed by atoms with van der Waals surface area (Å²) < 4.78 is 17.5. The van der Waals surface area contributed by atoms with E-state index in [0.717, 1.165) is 16.5 Å². The summed E-state index contributed by atoms with van der Waals surface area (Å²) in [5.41, 5.74) is 1.31. The summed E-state index contributed by atoms with van der Waals surface area (Å²) >= 11 is 1.35. The molecule has 5 heteroatoms. The normalized spacial score (nSPS) is 10.9. The molecule has 1 N–H and O–H groups in total. The van der Waals surface area contributed by atoms with Crippen LogP contribution in [0.15, 0.2) is 24.4 Å². The molecule has 94 valence electrons. The van der Waals surface area contributed by atoms with Crippen LogP contribution in [-0.2, 0) is 0 Å². The van der Waals surface area contributed by atoms with Crippen molar-refractivity contribution in [3.05, 3.63) is 40.7 Å². The Kier molecular flexibility index (Phi) is 3.43. The maximum Gasteiger partial charge on any atom is 0.335 e. The number of rotatable bonds is 3. The fraction of sp³-hybridized carbons (Fsp3) is 0.231. The van der Waals surface area contributed by atoms with E-state index in [1.807, 2.05) is 13.8 Å². The zero-order chi connectivity index (χ0) is 13.3. The number of hydrogen-bond acceptors (Lipinski definition) is 3. The minimum absolute atomic E-state index is 0.0501. The van der Waals surface area contributed by atoms with E-state index in [0.29, 0.717) is 5.56 Å². The third-order valence-electron chi connectivity index (χ3n) is 2.58. The highest BCUT2D eigenvalue weighted by atomic mass is 32.1. The van der Waals surface area contributed by atoms with Gasteiger partial charge in [-0.25, -0.2) is 13.6 Å². The fourth-order valence-corrected chi connectivity index (χ4v) is 2.50. The molecule has 1 heterocycles. The van der Waals surface area contributed by atoms with Crippen LogP contribution in [0.1, 0.15) is 35.0 Å². The highest BCUT2D eigenvalue weighted by Crippen LogP contribution is 2.32. The van der Waals surface area contributed by atoms with Gasteiger partial charge in [-0.05, 0) is 41.2 Å². The number of nitrogens with zero attached hydrogens (tertiary/aromatic N) is 1. The standard InChI is InChI=1S/C13H12FNO2S/c1-7(2)12-11(6-15-18-12)8-3-9(13(16)17)5-10(14)4-8/h3-7H,1-2H3,(H,16,17). The van der Waals surface area contributed by atoms with Crippen LogP contribution < -0.4 is 0 Å². The summed E-state index contributed by atoms with van der Waals surface area (Å²) in [6.45, 7) is 4.04. The lowest BCUT2D eigenvalue weighted by atomic mass is 10.00. The van der Waals surface area contributed by atoms with Crippen molar-refractivity contribution in [3.8, 4) is 11.1 Å². The molecule has 0 radical (unpaired) electrons. The Morgan fingerprint density at radius 1 is 1.39 bits per heavy atom. The summed E-state index contributed by atoms with van der Waals surface area (Å²) in [7, 11) is 0. The number of aromatic carboxylic acids is 1. The van der Waals surface area contributed by atoms with Gasteiger partial charge >= 0.3 is 5.97 Å². The molecule has 0 spiro atoms. The molecule has 3 nitrogen and oxygen atoms in total. The van der Waals surface area contributed by atoms with E-state index in [4.69, 9.17) is 5.11 Å². The number of carbonyl (C=O) groups is 1. The summed E-state index contributed by atoms with van der Waals surface area (Å²) in [4.78, 5) is 11.9. The minimum atomic E-state index is -1.13. The second-order valence-electron chi connectivity index (χ2n) is 4.29. The average molecular weight is 265 g/mol. The number of carboxylic acid groups (broad SMARTS) is 1. The van der Waals surface area contributed by atoms with E-state index in [-0.39, 0.29) is 11.5 Å². The highest BCUT2D eigenvalue weighted by Gasteiger charge is 2.14. The van der Waals surface area contributed by atoms with Crippen LogP contribution in [0.25, 0.3) is 11.1 Å². The fourth-order valence-electron chi connectivity index (χ4n) is 1.75. The van der Waals surface area contributed by atoms with E-state index in [9.17, 15) is 9.18 Å². The van der Waals surface area contributed by atoms with Crippen molar-refractivity contribution in [2.45, 2.75) is 19.8 Å². The van der Waals surface area contributed by atoms with Gasteiger partial charge in [0.05, 0.1) is 5.56 Å². The minimum Gasteiger partial charge on any atom is -0.478 e. The molecule has 2 aromatic rings. The first-order chi connectivity index (χ1) is 8.49. The van der Waals surface area contributed by atoms with Crippen molar-refractivity contribution in [1.29, 1.82) is 0 Å². The Hall–Kier alpha value is -1.75. The Bertz CT molecular complexity index is 592. The molecular weight excluding hydrogens is 253 g/mol. The molecule has 1 aromatic carbocycles. The maximum absolute atomic E-state index is 13.4. The zero-order valence-electron chi connectivity index (χ0n) is 9.98. The first-order valence-corrected chi connectivity index (χ1v) is 6.25. The molecule has 0 atom stereocenters. The van der Waals surface area contributed by atoms with Gasteiger partial charge < -0.3 is 5.11 Å². The van der Waals surface area contributed by atoms with E-state index in [2.05, 4.69) is 4.37 Å². The number of halogens is 1. The van der Waals surface area contributed by atoms with Crippen molar-refractivity contribution in [1.82, 2.24) is 4.37 Å². The van der Waals surface area contributed by atoms with E-state index >= 15 is 0 Å². The average Bonchev–Trinajstić information content (AvgIpc) is 2.76.